The van der Waals surface area contributed by atoms with E-state index in [4.69, 9.17) is 16.2 Å². The maximum Gasteiger partial charge on any atom is 0.255 e. The molecule has 0 fully saturated rings. The largest absolute Gasteiger partial charge is 0.483 e. The van der Waals surface area contributed by atoms with Crippen LogP contribution in [0.3, 0.4) is 0 Å². The van der Waals surface area contributed by atoms with E-state index >= 15 is 0 Å². The van der Waals surface area contributed by atoms with Gasteiger partial charge in [-0.2, -0.15) is 0 Å². The Morgan fingerprint density at radius 2 is 2.27 bits per heavy atom. The minimum Gasteiger partial charge on any atom is -0.483 e. The van der Waals surface area contributed by atoms with Gasteiger partial charge in [0.05, 0.1) is 0 Å². The smallest absolute Gasteiger partial charge is 0.255 e. The fourth-order valence-electron chi connectivity index (χ4n) is 1.16. The molecule has 5 heteroatoms. The normalized spacial score (nSPS) is 12.2. The third kappa shape index (κ3) is 3.53. The average molecular weight is 273 g/mol. The van der Waals surface area contributed by atoms with Crippen molar-refractivity contribution in [3.8, 4) is 5.75 Å². The highest BCUT2D eigenvalue weighted by Gasteiger charge is 2.09. The molecule has 0 unspecified atom stereocenters. The fraction of sp³-hybridized carbons (Fsp3) is 0.300. The summed E-state index contributed by atoms with van der Waals surface area (Å²) < 4.78 is 6.16. The Balaban J connectivity index is 2.90. The van der Waals surface area contributed by atoms with Gasteiger partial charge in [0.25, 0.3) is 5.91 Å². The Morgan fingerprint density at radius 1 is 1.60 bits per heavy atom. The standard InChI is InChI=1S/C10H13BrN2O2/c1-6(12)8-4-7(11)2-3-9(8)15-5-10(13)14/h2-4,6H,5,12H2,1H3,(H2,13,14)/t6-/m0/s1. The topological polar surface area (TPSA) is 78.3 Å². The van der Waals surface area contributed by atoms with Crippen molar-refractivity contribution in [3.05, 3.63) is 28.2 Å². The number of rotatable bonds is 4. The van der Waals surface area contributed by atoms with Gasteiger partial charge in [0.2, 0.25) is 0 Å². The van der Waals surface area contributed by atoms with Gasteiger partial charge in [-0.25, -0.2) is 0 Å². The molecule has 4 N–H and O–H groups in total. The van der Waals surface area contributed by atoms with E-state index in [9.17, 15) is 4.79 Å². The summed E-state index contributed by atoms with van der Waals surface area (Å²) in [5, 5.41) is 0. The maximum absolute atomic E-state index is 10.6. The first kappa shape index (κ1) is 12.0. The first-order chi connectivity index (χ1) is 7.00. The monoisotopic (exact) mass is 272 g/mol. The van der Waals surface area contributed by atoms with E-state index in [1.807, 2.05) is 19.1 Å². The Bertz CT molecular complexity index is 366. The van der Waals surface area contributed by atoms with Gasteiger partial charge in [-0.1, -0.05) is 15.9 Å². The second kappa shape index (κ2) is 5.14. The van der Waals surface area contributed by atoms with E-state index in [0.29, 0.717) is 5.75 Å². The summed E-state index contributed by atoms with van der Waals surface area (Å²) in [5.41, 5.74) is 11.6. The second-order valence-electron chi connectivity index (χ2n) is 3.23. The van der Waals surface area contributed by atoms with Gasteiger partial charge >= 0.3 is 0 Å². The summed E-state index contributed by atoms with van der Waals surface area (Å²) in [7, 11) is 0. The summed E-state index contributed by atoms with van der Waals surface area (Å²) in [5.74, 6) is 0.0838. The van der Waals surface area contributed by atoms with Crippen molar-refractivity contribution in [3.63, 3.8) is 0 Å². The molecule has 82 valence electrons. The SMILES string of the molecule is C[C@H](N)c1cc(Br)ccc1OCC(N)=O. The minimum atomic E-state index is -0.506. The van der Waals surface area contributed by atoms with E-state index < -0.39 is 5.91 Å². The number of halogens is 1. The second-order valence-corrected chi connectivity index (χ2v) is 4.14. The summed E-state index contributed by atoms with van der Waals surface area (Å²) in [6.07, 6.45) is 0. The van der Waals surface area contributed by atoms with Gasteiger partial charge < -0.3 is 16.2 Å². The molecule has 0 aliphatic carbocycles. The molecule has 1 rings (SSSR count). The lowest BCUT2D eigenvalue weighted by atomic mass is 10.1. The van der Waals surface area contributed by atoms with Gasteiger partial charge in [-0.05, 0) is 25.1 Å². The molecule has 1 atom stereocenters. The first-order valence-corrected chi connectivity index (χ1v) is 5.26. The number of primary amides is 1. The molecule has 1 amide bonds. The predicted octanol–water partition coefficient (Wildman–Crippen LogP) is 1.33. The number of benzene rings is 1. The van der Waals surface area contributed by atoms with Crippen LogP contribution in [0.2, 0.25) is 0 Å². The van der Waals surface area contributed by atoms with Crippen LogP contribution in [0.4, 0.5) is 0 Å². The van der Waals surface area contributed by atoms with Crippen molar-refractivity contribution >= 4 is 21.8 Å². The molecule has 4 nitrogen and oxygen atoms in total. The van der Waals surface area contributed by atoms with Crippen LogP contribution in [0, 0.1) is 0 Å². The third-order valence-corrected chi connectivity index (χ3v) is 2.33. The van der Waals surface area contributed by atoms with Gasteiger partial charge in [-0.15, -0.1) is 0 Å². The summed E-state index contributed by atoms with van der Waals surface area (Å²) in [4.78, 5) is 10.6. The molecule has 0 aliphatic heterocycles. The number of hydrogen-bond acceptors (Lipinski definition) is 3. The Kier molecular flexibility index (Phi) is 4.11. The molecule has 0 heterocycles. The molecular weight excluding hydrogens is 260 g/mol. The number of hydrogen-bond donors (Lipinski definition) is 2. The summed E-state index contributed by atoms with van der Waals surface area (Å²) >= 11 is 3.34. The molecular formula is C10H13BrN2O2. The molecule has 0 bridgehead atoms. The Hall–Kier alpha value is -1.07. The van der Waals surface area contributed by atoms with Crippen LogP contribution in [0.1, 0.15) is 18.5 Å². The first-order valence-electron chi connectivity index (χ1n) is 4.47. The van der Waals surface area contributed by atoms with E-state index in [1.165, 1.54) is 0 Å². The molecule has 0 saturated heterocycles. The lowest BCUT2D eigenvalue weighted by Crippen LogP contribution is -2.21. The third-order valence-electron chi connectivity index (χ3n) is 1.83. The van der Waals surface area contributed by atoms with Gasteiger partial charge in [-0.3, -0.25) is 4.79 Å². The van der Waals surface area contributed by atoms with Crippen LogP contribution in [0.5, 0.6) is 5.75 Å². The number of carbonyl (C=O) groups excluding carboxylic acids is 1. The highest BCUT2D eigenvalue weighted by Crippen LogP contribution is 2.27. The van der Waals surface area contributed by atoms with Gasteiger partial charge in [0, 0.05) is 16.1 Å². The van der Waals surface area contributed by atoms with Crippen LogP contribution >= 0.6 is 15.9 Å². The Labute approximate surface area is 96.7 Å². The maximum atomic E-state index is 10.6. The van der Waals surface area contributed by atoms with E-state index in [1.54, 1.807) is 6.07 Å². The number of amides is 1. The fourth-order valence-corrected chi connectivity index (χ4v) is 1.53. The van der Waals surface area contributed by atoms with Crippen molar-refractivity contribution in [2.45, 2.75) is 13.0 Å². The zero-order valence-electron chi connectivity index (χ0n) is 8.37. The molecule has 0 aromatic heterocycles. The highest BCUT2D eigenvalue weighted by molar-refractivity contribution is 9.10. The predicted molar refractivity (Wildman–Crippen MR) is 61.4 cm³/mol. The molecule has 15 heavy (non-hydrogen) atoms. The number of ether oxygens (including phenoxy) is 1. The Morgan fingerprint density at radius 3 is 2.80 bits per heavy atom. The van der Waals surface area contributed by atoms with Crippen LogP contribution in [-0.4, -0.2) is 12.5 Å². The van der Waals surface area contributed by atoms with E-state index in [0.717, 1.165) is 10.0 Å². The molecule has 1 aromatic carbocycles. The van der Waals surface area contributed by atoms with Crippen molar-refractivity contribution in [2.24, 2.45) is 11.5 Å². The summed E-state index contributed by atoms with van der Waals surface area (Å²) in [6, 6.07) is 5.28. The van der Waals surface area contributed by atoms with Crippen LogP contribution in [-0.2, 0) is 4.79 Å². The van der Waals surface area contributed by atoms with Crippen molar-refractivity contribution < 1.29 is 9.53 Å². The van der Waals surface area contributed by atoms with Gasteiger partial charge in [0.15, 0.2) is 6.61 Å². The summed E-state index contributed by atoms with van der Waals surface area (Å²) in [6.45, 7) is 1.71. The number of carbonyl (C=O) groups is 1. The molecule has 0 spiro atoms. The minimum absolute atomic E-state index is 0.138. The van der Waals surface area contributed by atoms with Crippen molar-refractivity contribution in [1.82, 2.24) is 0 Å². The average Bonchev–Trinajstić information content (AvgIpc) is 2.15. The molecule has 1 aromatic rings. The van der Waals surface area contributed by atoms with Crippen molar-refractivity contribution in [1.29, 1.82) is 0 Å². The highest BCUT2D eigenvalue weighted by atomic mass is 79.9. The molecule has 0 saturated carbocycles. The van der Waals surface area contributed by atoms with Gasteiger partial charge in [0.1, 0.15) is 5.75 Å². The van der Waals surface area contributed by atoms with E-state index in [2.05, 4.69) is 15.9 Å². The molecule has 0 radical (unpaired) electrons. The van der Waals surface area contributed by atoms with Crippen LogP contribution in [0.25, 0.3) is 0 Å². The zero-order valence-corrected chi connectivity index (χ0v) is 9.95. The molecule has 0 aliphatic rings. The van der Waals surface area contributed by atoms with Crippen LogP contribution in [0.15, 0.2) is 22.7 Å². The van der Waals surface area contributed by atoms with Crippen molar-refractivity contribution in [2.75, 3.05) is 6.61 Å². The zero-order chi connectivity index (χ0) is 11.4. The quantitative estimate of drug-likeness (QED) is 0.868. The number of nitrogens with two attached hydrogens (primary N) is 2. The van der Waals surface area contributed by atoms with Crippen LogP contribution < -0.4 is 16.2 Å². The lowest BCUT2D eigenvalue weighted by Gasteiger charge is -2.13. The lowest BCUT2D eigenvalue weighted by molar-refractivity contribution is -0.119. The van der Waals surface area contributed by atoms with E-state index in [-0.39, 0.29) is 12.6 Å².